The van der Waals surface area contributed by atoms with Crippen LogP contribution in [-0.4, -0.2) is 16.7 Å². The lowest BCUT2D eigenvalue weighted by Gasteiger charge is -2.21. The zero-order valence-electron chi connectivity index (χ0n) is 16.3. The Morgan fingerprint density at radius 3 is 2.43 bits per heavy atom. The maximum absolute atomic E-state index is 13.4. The zero-order valence-corrected chi connectivity index (χ0v) is 17.1. The van der Waals surface area contributed by atoms with Crippen molar-refractivity contribution in [3.63, 3.8) is 0 Å². The number of hydrogen-bond donors (Lipinski definition) is 1. The molecule has 3 heterocycles. The van der Waals surface area contributed by atoms with Crippen molar-refractivity contribution in [2.45, 2.75) is 20.0 Å². The molecule has 4 aromatic rings. The van der Waals surface area contributed by atoms with Crippen LogP contribution >= 0.6 is 11.3 Å². The molecule has 7 heteroatoms. The summed E-state index contributed by atoms with van der Waals surface area (Å²) in [6.07, 6.45) is 3.04. The monoisotopic (exact) mass is 420 g/mol. The fourth-order valence-electron chi connectivity index (χ4n) is 3.07. The second kappa shape index (κ2) is 8.84. The van der Waals surface area contributed by atoms with E-state index in [0.29, 0.717) is 28.7 Å². The number of furan rings is 2. The van der Waals surface area contributed by atoms with E-state index in [0.717, 1.165) is 11.1 Å². The Hall–Kier alpha value is -3.58. The van der Waals surface area contributed by atoms with Crippen LogP contribution in [0.25, 0.3) is 0 Å². The van der Waals surface area contributed by atoms with E-state index < -0.39 is 0 Å². The Labute approximate surface area is 177 Å². The van der Waals surface area contributed by atoms with Crippen LogP contribution in [0.3, 0.4) is 0 Å². The van der Waals surface area contributed by atoms with Gasteiger partial charge in [0, 0.05) is 6.54 Å². The number of hydrogen-bond acceptors (Lipinski definition) is 5. The summed E-state index contributed by atoms with van der Waals surface area (Å²) in [4.78, 5) is 28.0. The van der Waals surface area contributed by atoms with Crippen molar-refractivity contribution >= 4 is 28.2 Å². The number of anilines is 1. The van der Waals surface area contributed by atoms with E-state index >= 15 is 0 Å². The predicted molar refractivity (Wildman–Crippen MR) is 114 cm³/mol. The SMILES string of the molecule is Cc1cc(NC(=O)c2ccco2)sc1C(=O)N(Cc1ccccc1)Cc1ccco1. The molecule has 2 amide bonds. The highest BCUT2D eigenvalue weighted by atomic mass is 32.1. The maximum atomic E-state index is 13.4. The number of nitrogens with one attached hydrogen (secondary N) is 1. The van der Waals surface area contributed by atoms with Gasteiger partial charge in [-0.3, -0.25) is 9.59 Å². The Morgan fingerprint density at radius 2 is 1.73 bits per heavy atom. The molecule has 3 aromatic heterocycles. The lowest BCUT2D eigenvalue weighted by Crippen LogP contribution is -2.29. The van der Waals surface area contributed by atoms with Crippen LogP contribution in [-0.2, 0) is 13.1 Å². The fraction of sp³-hybridized carbons (Fsp3) is 0.130. The maximum Gasteiger partial charge on any atom is 0.291 e. The van der Waals surface area contributed by atoms with Gasteiger partial charge in [0.15, 0.2) is 5.76 Å². The van der Waals surface area contributed by atoms with E-state index in [2.05, 4.69) is 5.32 Å². The molecule has 4 rings (SSSR count). The van der Waals surface area contributed by atoms with Crippen LogP contribution in [0.4, 0.5) is 5.00 Å². The topological polar surface area (TPSA) is 75.7 Å². The Balaban J connectivity index is 1.56. The minimum atomic E-state index is -0.350. The number of amides is 2. The fourth-order valence-corrected chi connectivity index (χ4v) is 4.11. The first-order valence-electron chi connectivity index (χ1n) is 9.41. The molecule has 0 unspecified atom stereocenters. The van der Waals surface area contributed by atoms with Crippen LogP contribution < -0.4 is 5.32 Å². The molecule has 0 saturated carbocycles. The normalized spacial score (nSPS) is 10.7. The van der Waals surface area contributed by atoms with E-state index in [9.17, 15) is 9.59 Å². The summed E-state index contributed by atoms with van der Waals surface area (Å²) < 4.78 is 10.6. The van der Waals surface area contributed by atoms with Crippen LogP contribution in [0.1, 0.15) is 37.1 Å². The van der Waals surface area contributed by atoms with Gasteiger partial charge in [-0.25, -0.2) is 0 Å². The Kier molecular flexibility index (Phi) is 5.81. The number of thiophene rings is 1. The van der Waals surface area contributed by atoms with Gasteiger partial charge >= 0.3 is 0 Å². The van der Waals surface area contributed by atoms with Gasteiger partial charge in [0.2, 0.25) is 0 Å². The molecule has 1 aromatic carbocycles. The van der Waals surface area contributed by atoms with Gasteiger partial charge < -0.3 is 19.1 Å². The molecule has 0 aliphatic rings. The highest BCUT2D eigenvalue weighted by Crippen LogP contribution is 2.29. The third-order valence-electron chi connectivity index (χ3n) is 4.52. The third kappa shape index (κ3) is 4.52. The van der Waals surface area contributed by atoms with Gasteiger partial charge in [0.05, 0.1) is 28.9 Å². The highest BCUT2D eigenvalue weighted by molar-refractivity contribution is 7.18. The first kappa shape index (κ1) is 19.7. The molecule has 0 saturated heterocycles. The lowest BCUT2D eigenvalue weighted by atomic mass is 10.2. The Bertz CT molecular complexity index is 1120. The Morgan fingerprint density at radius 1 is 0.967 bits per heavy atom. The molecule has 0 radical (unpaired) electrons. The standard InChI is InChI=1S/C23H20N2O4S/c1-16-13-20(24-22(26)19-10-6-12-29-19)30-21(16)23(27)25(15-18-9-5-11-28-18)14-17-7-3-2-4-8-17/h2-13H,14-15H2,1H3,(H,24,26). The van der Waals surface area contributed by atoms with Crippen molar-refractivity contribution in [3.05, 3.63) is 101 Å². The van der Waals surface area contributed by atoms with Crippen molar-refractivity contribution in [3.8, 4) is 0 Å². The summed E-state index contributed by atoms with van der Waals surface area (Å²) in [6.45, 7) is 2.66. The van der Waals surface area contributed by atoms with E-state index in [-0.39, 0.29) is 17.6 Å². The number of aryl methyl sites for hydroxylation is 1. The molecule has 0 spiro atoms. The predicted octanol–water partition coefficient (Wildman–Crippen LogP) is 5.34. The molecule has 30 heavy (non-hydrogen) atoms. The summed E-state index contributed by atoms with van der Waals surface area (Å²) >= 11 is 1.25. The van der Waals surface area contributed by atoms with Gasteiger partial charge in [-0.05, 0) is 48.4 Å². The molecular weight excluding hydrogens is 400 g/mol. The molecule has 6 nitrogen and oxygen atoms in total. The van der Waals surface area contributed by atoms with E-state index in [4.69, 9.17) is 8.83 Å². The van der Waals surface area contributed by atoms with Crippen LogP contribution in [0, 0.1) is 6.92 Å². The number of rotatable bonds is 7. The first-order chi connectivity index (χ1) is 14.6. The first-order valence-corrected chi connectivity index (χ1v) is 10.2. The summed E-state index contributed by atoms with van der Waals surface area (Å²) in [5.41, 5.74) is 1.83. The van der Waals surface area contributed by atoms with Crippen molar-refractivity contribution < 1.29 is 18.4 Å². The molecular formula is C23H20N2O4S. The molecule has 0 bridgehead atoms. The van der Waals surface area contributed by atoms with Crippen molar-refractivity contribution in [2.75, 3.05) is 5.32 Å². The largest absolute Gasteiger partial charge is 0.467 e. The lowest BCUT2D eigenvalue weighted by molar-refractivity contribution is 0.0722. The van der Waals surface area contributed by atoms with Gasteiger partial charge in [0.1, 0.15) is 5.76 Å². The van der Waals surface area contributed by atoms with Crippen molar-refractivity contribution in [2.24, 2.45) is 0 Å². The average molecular weight is 420 g/mol. The van der Waals surface area contributed by atoms with Gasteiger partial charge in [0.25, 0.3) is 11.8 Å². The number of nitrogens with zero attached hydrogens (tertiary/aromatic N) is 1. The summed E-state index contributed by atoms with van der Waals surface area (Å²) in [5, 5.41) is 3.38. The van der Waals surface area contributed by atoms with E-state index in [1.54, 1.807) is 35.4 Å². The number of carbonyl (C=O) groups is 2. The van der Waals surface area contributed by atoms with Crippen molar-refractivity contribution in [1.82, 2.24) is 4.90 Å². The minimum absolute atomic E-state index is 0.115. The smallest absolute Gasteiger partial charge is 0.291 e. The van der Waals surface area contributed by atoms with E-state index in [1.165, 1.54) is 17.6 Å². The van der Waals surface area contributed by atoms with Crippen LogP contribution in [0.15, 0.2) is 82.0 Å². The van der Waals surface area contributed by atoms with Crippen LogP contribution in [0.2, 0.25) is 0 Å². The van der Waals surface area contributed by atoms with Crippen LogP contribution in [0.5, 0.6) is 0 Å². The number of carbonyl (C=O) groups excluding carboxylic acids is 2. The van der Waals surface area contributed by atoms with Crippen molar-refractivity contribution in [1.29, 1.82) is 0 Å². The molecule has 0 atom stereocenters. The van der Waals surface area contributed by atoms with Gasteiger partial charge in [-0.1, -0.05) is 30.3 Å². The average Bonchev–Trinajstić information content (AvgIpc) is 3.50. The molecule has 152 valence electrons. The quantitative estimate of drug-likeness (QED) is 0.438. The minimum Gasteiger partial charge on any atom is -0.467 e. The molecule has 0 aliphatic carbocycles. The molecule has 0 fully saturated rings. The number of benzene rings is 1. The molecule has 1 N–H and O–H groups in total. The highest BCUT2D eigenvalue weighted by Gasteiger charge is 2.23. The second-order valence-electron chi connectivity index (χ2n) is 6.78. The van der Waals surface area contributed by atoms with E-state index in [1.807, 2.05) is 43.3 Å². The van der Waals surface area contributed by atoms with Gasteiger partial charge in [-0.15, -0.1) is 11.3 Å². The zero-order chi connectivity index (χ0) is 20.9. The molecule has 0 aliphatic heterocycles. The summed E-state index contributed by atoms with van der Waals surface area (Å²) in [7, 11) is 0. The second-order valence-corrected chi connectivity index (χ2v) is 7.83. The third-order valence-corrected chi connectivity index (χ3v) is 5.66. The summed E-state index contributed by atoms with van der Waals surface area (Å²) in [5.74, 6) is 0.463. The van der Waals surface area contributed by atoms with Gasteiger partial charge in [-0.2, -0.15) is 0 Å². The summed E-state index contributed by atoms with van der Waals surface area (Å²) in [6, 6.07) is 18.5.